The Kier molecular flexibility index (Phi) is 3.25. The number of aryl methyl sites for hydroxylation is 1. The summed E-state index contributed by atoms with van der Waals surface area (Å²) in [6.45, 7) is 6.35. The number of fused-ring (bicyclic) bond motifs is 1. The van der Waals surface area contributed by atoms with Gasteiger partial charge in [-0.05, 0) is 19.4 Å². The van der Waals surface area contributed by atoms with Crippen molar-refractivity contribution in [2.24, 2.45) is 0 Å². The molecule has 1 aliphatic rings. The molecule has 2 aromatic heterocycles. The Morgan fingerprint density at radius 2 is 2.24 bits per heavy atom. The second kappa shape index (κ2) is 5.08. The average Bonchev–Trinajstić information content (AvgIpc) is 2.95. The number of hydrogen-bond donors (Lipinski definition) is 0. The van der Waals surface area contributed by atoms with Crippen LogP contribution in [0.5, 0.6) is 0 Å². The normalized spacial score (nSPS) is 18.1. The van der Waals surface area contributed by atoms with E-state index in [0.717, 1.165) is 0 Å². The van der Waals surface area contributed by atoms with E-state index in [-0.39, 0.29) is 17.5 Å². The van der Waals surface area contributed by atoms with E-state index in [1.807, 2.05) is 0 Å². The van der Waals surface area contributed by atoms with E-state index in [1.165, 1.54) is 12.3 Å². The highest BCUT2D eigenvalue weighted by Gasteiger charge is 2.28. The fourth-order valence-electron chi connectivity index (χ4n) is 2.65. The van der Waals surface area contributed by atoms with Gasteiger partial charge >= 0.3 is 0 Å². The lowest BCUT2D eigenvalue weighted by molar-refractivity contribution is -0.125. The van der Waals surface area contributed by atoms with Gasteiger partial charge in [-0.15, -0.1) is 0 Å². The van der Waals surface area contributed by atoms with Crippen LogP contribution in [0.1, 0.15) is 18.3 Å². The lowest BCUT2D eigenvalue weighted by Crippen LogP contribution is -2.31. The molecule has 0 aliphatic carbocycles. The summed E-state index contributed by atoms with van der Waals surface area (Å²) in [5.74, 6) is 0.468. The summed E-state index contributed by atoms with van der Waals surface area (Å²) < 4.78 is 1.62. The number of nitrogens with zero attached hydrogens (tertiary/aromatic N) is 5. The third kappa shape index (κ3) is 2.31. The molecule has 1 aliphatic heterocycles. The number of carbonyl (C=O) groups excluding carboxylic acids is 1. The molecule has 1 fully saturated rings. The topological polar surface area (TPSA) is 81.0 Å². The predicted octanol–water partition coefficient (Wildman–Crippen LogP) is 0.454. The van der Waals surface area contributed by atoms with Gasteiger partial charge in [0.15, 0.2) is 5.65 Å². The Bertz CT molecular complexity index is 783. The molecule has 108 valence electrons. The van der Waals surface area contributed by atoms with Crippen molar-refractivity contribution < 1.29 is 4.79 Å². The molecule has 0 saturated carbocycles. The number of rotatable bonds is 2. The largest absolute Gasteiger partial charge is 0.337 e. The molecule has 3 rings (SSSR count). The second-order valence-electron chi connectivity index (χ2n) is 5.02. The molecule has 1 saturated heterocycles. The quantitative estimate of drug-likeness (QED) is 0.749. The molecule has 21 heavy (non-hydrogen) atoms. The summed E-state index contributed by atoms with van der Waals surface area (Å²) in [7, 11) is 0. The molecule has 3 heterocycles. The standard InChI is InChI=1S/C14H15N5O2/c1-3-12(20)18-5-4-10(8-18)19-13(21)7-16-11-6-15-9(2)17-14(11)19/h3,6-7,10H,1,4-5,8H2,2H3/t10-/m0/s1. The number of amides is 1. The Morgan fingerprint density at radius 3 is 3.00 bits per heavy atom. The van der Waals surface area contributed by atoms with Crippen molar-refractivity contribution in [1.82, 2.24) is 24.4 Å². The maximum atomic E-state index is 12.2. The van der Waals surface area contributed by atoms with Gasteiger partial charge < -0.3 is 4.90 Å². The zero-order valence-electron chi connectivity index (χ0n) is 11.7. The van der Waals surface area contributed by atoms with Crippen molar-refractivity contribution in [2.45, 2.75) is 19.4 Å². The first-order valence-corrected chi connectivity index (χ1v) is 6.72. The lowest BCUT2D eigenvalue weighted by atomic mass is 10.2. The van der Waals surface area contributed by atoms with Gasteiger partial charge in [-0.2, -0.15) is 0 Å². The van der Waals surface area contributed by atoms with Crippen LogP contribution in [0.15, 0.2) is 29.8 Å². The summed E-state index contributed by atoms with van der Waals surface area (Å²) >= 11 is 0. The van der Waals surface area contributed by atoms with Gasteiger partial charge in [-0.25, -0.2) is 15.0 Å². The summed E-state index contributed by atoms with van der Waals surface area (Å²) in [5, 5.41) is 0. The minimum atomic E-state index is -0.210. The molecule has 0 bridgehead atoms. The van der Waals surface area contributed by atoms with Gasteiger partial charge in [-0.3, -0.25) is 14.2 Å². The van der Waals surface area contributed by atoms with Gasteiger partial charge in [-0.1, -0.05) is 6.58 Å². The third-order valence-electron chi connectivity index (χ3n) is 3.66. The van der Waals surface area contributed by atoms with Crippen LogP contribution in [-0.2, 0) is 4.79 Å². The fourth-order valence-corrected chi connectivity index (χ4v) is 2.65. The Balaban J connectivity index is 2.06. The highest BCUT2D eigenvalue weighted by molar-refractivity contribution is 5.87. The van der Waals surface area contributed by atoms with Crippen molar-refractivity contribution in [2.75, 3.05) is 13.1 Å². The van der Waals surface area contributed by atoms with Crippen LogP contribution in [0.3, 0.4) is 0 Å². The van der Waals surface area contributed by atoms with Crippen LogP contribution >= 0.6 is 0 Å². The van der Waals surface area contributed by atoms with Gasteiger partial charge in [0.25, 0.3) is 5.56 Å². The monoisotopic (exact) mass is 285 g/mol. The highest BCUT2D eigenvalue weighted by Crippen LogP contribution is 2.22. The van der Waals surface area contributed by atoms with Gasteiger partial charge in [0, 0.05) is 13.1 Å². The first-order valence-electron chi connectivity index (χ1n) is 6.72. The zero-order chi connectivity index (χ0) is 15.0. The maximum Gasteiger partial charge on any atom is 0.270 e. The molecule has 0 spiro atoms. The Hall–Kier alpha value is -2.57. The number of likely N-dealkylation sites (tertiary alicyclic amines) is 1. The molecule has 0 aromatic carbocycles. The predicted molar refractivity (Wildman–Crippen MR) is 76.8 cm³/mol. The molecule has 0 radical (unpaired) electrons. The van der Waals surface area contributed by atoms with E-state index < -0.39 is 0 Å². The lowest BCUT2D eigenvalue weighted by Gasteiger charge is -2.17. The van der Waals surface area contributed by atoms with Crippen LogP contribution in [0, 0.1) is 6.92 Å². The van der Waals surface area contributed by atoms with E-state index in [1.54, 1.807) is 22.6 Å². The van der Waals surface area contributed by atoms with Crippen LogP contribution in [0.2, 0.25) is 0 Å². The highest BCUT2D eigenvalue weighted by atomic mass is 16.2. The van der Waals surface area contributed by atoms with Gasteiger partial charge in [0.05, 0.1) is 18.4 Å². The summed E-state index contributed by atoms with van der Waals surface area (Å²) in [5.41, 5.74) is 0.889. The van der Waals surface area contributed by atoms with Crippen LogP contribution in [-0.4, -0.2) is 43.4 Å². The molecule has 0 N–H and O–H groups in total. The Labute approximate surface area is 121 Å². The first kappa shape index (κ1) is 13.4. The number of carbonyl (C=O) groups is 1. The van der Waals surface area contributed by atoms with Crippen LogP contribution in [0.4, 0.5) is 0 Å². The van der Waals surface area contributed by atoms with Crippen molar-refractivity contribution in [3.63, 3.8) is 0 Å². The number of aromatic nitrogens is 4. The number of hydrogen-bond acceptors (Lipinski definition) is 5. The smallest absolute Gasteiger partial charge is 0.270 e. The van der Waals surface area contributed by atoms with Crippen molar-refractivity contribution in [1.29, 1.82) is 0 Å². The minimum Gasteiger partial charge on any atom is -0.337 e. The van der Waals surface area contributed by atoms with E-state index in [0.29, 0.717) is 36.5 Å². The zero-order valence-corrected chi connectivity index (χ0v) is 11.7. The third-order valence-corrected chi connectivity index (χ3v) is 3.66. The van der Waals surface area contributed by atoms with E-state index in [2.05, 4.69) is 21.5 Å². The molecule has 1 amide bonds. The summed E-state index contributed by atoms with van der Waals surface area (Å²) in [6, 6.07) is -0.0961. The summed E-state index contributed by atoms with van der Waals surface area (Å²) in [6.07, 6.45) is 4.89. The van der Waals surface area contributed by atoms with Crippen molar-refractivity contribution in [3.05, 3.63) is 41.2 Å². The molecule has 1 atom stereocenters. The fraction of sp³-hybridized carbons (Fsp3) is 0.357. The molecular weight excluding hydrogens is 270 g/mol. The molecule has 0 unspecified atom stereocenters. The summed E-state index contributed by atoms with van der Waals surface area (Å²) in [4.78, 5) is 38.1. The van der Waals surface area contributed by atoms with E-state index in [9.17, 15) is 9.59 Å². The van der Waals surface area contributed by atoms with Crippen molar-refractivity contribution in [3.8, 4) is 0 Å². The van der Waals surface area contributed by atoms with Crippen LogP contribution in [0.25, 0.3) is 11.2 Å². The van der Waals surface area contributed by atoms with Crippen LogP contribution < -0.4 is 5.56 Å². The average molecular weight is 285 g/mol. The second-order valence-corrected chi connectivity index (χ2v) is 5.02. The SMILES string of the molecule is C=CC(=O)N1CC[C@H](n2c(=O)cnc3cnc(C)nc32)C1. The molecule has 7 nitrogen and oxygen atoms in total. The molecule has 2 aromatic rings. The Morgan fingerprint density at radius 1 is 1.43 bits per heavy atom. The molecule has 7 heteroatoms. The minimum absolute atomic E-state index is 0.0961. The van der Waals surface area contributed by atoms with Gasteiger partial charge in [0.2, 0.25) is 5.91 Å². The van der Waals surface area contributed by atoms with Crippen molar-refractivity contribution >= 4 is 17.1 Å². The molecular formula is C14H15N5O2. The first-order chi connectivity index (χ1) is 10.1. The van der Waals surface area contributed by atoms with Gasteiger partial charge in [0.1, 0.15) is 11.3 Å². The van der Waals surface area contributed by atoms with E-state index in [4.69, 9.17) is 0 Å². The van der Waals surface area contributed by atoms with E-state index >= 15 is 0 Å². The maximum absolute atomic E-state index is 12.2.